The third kappa shape index (κ3) is 1.94. The highest BCUT2D eigenvalue weighted by molar-refractivity contribution is 8.11. The Balaban J connectivity index is 2.44. The first-order chi connectivity index (χ1) is 7.72. The Kier molecular flexibility index (Phi) is 2.96. The number of H-pyrrole nitrogens is 1. The Bertz CT molecular complexity index is 556. The maximum Gasteiger partial charge on any atom is 0.139 e. The van der Waals surface area contributed by atoms with Crippen molar-refractivity contribution in [3.8, 4) is 0 Å². The van der Waals surface area contributed by atoms with Gasteiger partial charge in [-0.2, -0.15) is 0 Å². The molecule has 5 heteroatoms. The molecule has 0 bridgehead atoms. The second kappa shape index (κ2) is 4.40. The number of thioether (sulfide) groups is 1. The third-order valence-corrected chi connectivity index (χ3v) is 2.51. The molecule has 0 unspecified atom stereocenters. The molecule has 2 aromatic rings. The Morgan fingerprint density at radius 3 is 3.19 bits per heavy atom. The Hall–Kier alpha value is -1.75. The van der Waals surface area contributed by atoms with E-state index in [9.17, 15) is 0 Å². The van der Waals surface area contributed by atoms with Crippen LogP contribution in [0.5, 0.6) is 0 Å². The van der Waals surface area contributed by atoms with E-state index in [2.05, 4.69) is 21.5 Å². The summed E-state index contributed by atoms with van der Waals surface area (Å²) in [7, 11) is 0. The fourth-order valence-electron chi connectivity index (χ4n) is 1.39. The van der Waals surface area contributed by atoms with Gasteiger partial charge in [0, 0.05) is 17.3 Å². The lowest BCUT2D eigenvalue weighted by Gasteiger charge is -1.92. The molecule has 16 heavy (non-hydrogen) atoms. The molecule has 3 N–H and O–H groups in total. The highest BCUT2D eigenvalue weighted by atomic mass is 32.2. The first-order valence-electron chi connectivity index (χ1n) is 4.70. The SMILES string of the molecule is C=C(N=CSC)c1cc2c(N)ccnc2[nH]1. The fourth-order valence-corrected chi connectivity index (χ4v) is 1.62. The van der Waals surface area contributed by atoms with E-state index in [0.717, 1.165) is 16.7 Å². The molecule has 0 aliphatic carbocycles. The molecule has 0 aliphatic heterocycles. The number of nitrogen functional groups attached to an aromatic ring is 1. The second-order valence-corrected chi connectivity index (χ2v) is 3.94. The first kappa shape index (κ1) is 10.8. The molecular formula is C11H12N4S. The van der Waals surface area contributed by atoms with E-state index in [-0.39, 0.29) is 0 Å². The van der Waals surface area contributed by atoms with Crippen LogP contribution in [-0.4, -0.2) is 21.8 Å². The summed E-state index contributed by atoms with van der Waals surface area (Å²) in [5.41, 5.74) is 10.6. The van der Waals surface area contributed by atoms with Crippen LogP contribution in [0.15, 0.2) is 29.9 Å². The first-order valence-corrected chi connectivity index (χ1v) is 5.99. The molecule has 4 nitrogen and oxygen atoms in total. The van der Waals surface area contributed by atoms with Crippen molar-refractivity contribution in [2.75, 3.05) is 12.0 Å². The standard InChI is InChI=1S/C11H12N4S/c1-7(14-6-16-2)10-5-8-9(12)3-4-13-11(8)15-10/h3-6H,1H2,2H3,(H3,12,13,15). The van der Waals surface area contributed by atoms with Crippen molar-refractivity contribution in [3.05, 3.63) is 30.6 Å². The molecule has 0 saturated carbocycles. The van der Waals surface area contributed by atoms with E-state index in [0.29, 0.717) is 11.4 Å². The predicted molar refractivity (Wildman–Crippen MR) is 71.5 cm³/mol. The molecule has 0 saturated heterocycles. The van der Waals surface area contributed by atoms with E-state index in [1.165, 1.54) is 11.8 Å². The number of aromatic amines is 1. The highest BCUT2D eigenvalue weighted by Crippen LogP contribution is 2.23. The van der Waals surface area contributed by atoms with E-state index in [4.69, 9.17) is 5.73 Å². The zero-order valence-corrected chi connectivity index (χ0v) is 9.71. The minimum Gasteiger partial charge on any atom is -0.398 e. The number of rotatable bonds is 3. The van der Waals surface area contributed by atoms with Crippen molar-refractivity contribution in [1.82, 2.24) is 9.97 Å². The number of pyridine rings is 1. The summed E-state index contributed by atoms with van der Waals surface area (Å²) in [5, 5.41) is 0.901. The molecule has 0 aromatic carbocycles. The number of fused-ring (bicyclic) bond motifs is 1. The lowest BCUT2D eigenvalue weighted by Crippen LogP contribution is -1.85. The number of nitrogens with two attached hydrogens (primary N) is 1. The lowest BCUT2D eigenvalue weighted by atomic mass is 10.2. The van der Waals surface area contributed by atoms with Gasteiger partial charge in [-0.05, 0) is 18.4 Å². The number of aromatic nitrogens is 2. The van der Waals surface area contributed by atoms with Crippen LogP contribution in [0, 0.1) is 0 Å². The second-order valence-electron chi connectivity index (χ2n) is 3.26. The van der Waals surface area contributed by atoms with Gasteiger partial charge in [-0.1, -0.05) is 6.58 Å². The summed E-state index contributed by atoms with van der Waals surface area (Å²) >= 11 is 1.53. The smallest absolute Gasteiger partial charge is 0.139 e. The van der Waals surface area contributed by atoms with Crippen LogP contribution in [0.2, 0.25) is 0 Å². The predicted octanol–water partition coefficient (Wildman–Crippen LogP) is 2.51. The van der Waals surface area contributed by atoms with Crippen molar-refractivity contribution in [2.45, 2.75) is 0 Å². The van der Waals surface area contributed by atoms with Crippen LogP contribution in [0.3, 0.4) is 0 Å². The van der Waals surface area contributed by atoms with Crippen LogP contribution >= 0.6 is 11.8 Å². The summed E-state index contributed by atoms with van der Waals surface area (Å²) in [6, 6.07) is 3.69. The van der Waals surface area contributed by atoms with Crippen molar-refractivity contribution in [1.29, 1.82) is 0 Å². The Morgan fingerprint density at radius 1 is 1.69 bits per heavy atom. The number of hydrogen-bond donors (Lipinski definition) is 2. The van der Waals surface area contributed by atoms with Crippen molar-refractivity contribution in [2.24, 2.45) is 4.99 Å². The molecule has 0 atom stereocenters. The molecule has 0 aliphatic rings. The third-order valence-electron chi connectivity index (χ3n) is 2.19. The number of anilines is 1. The summed E-state index contributed by atoms with van der Waals surface area (Å²) in [4.78, 5) is 11.5. The Morgan fingerprint density at radius 2 is 2.50 bits per heavy atom. The molecular weight excluding hydrogens is 220 g/mol. The van der Waals surface area contributed by atoms with Gasteiger partial charge in [0.25, 0.3) is 0 Å². The minimum absolute atomic E-state index is 0.673. The van der Waals surface area contributed by atoms with Crippen molar-refractivity contribution in [3.63, 3.8) is 0 Å². The lowest BCUT2D eigenvalue weighted by molar-refractivity contribution is 1.29. The van der Waals surface area contributed by atoms with Crippen LogP contribution in [0.4, 0.5) is 5.69 Å². The largest absolute Gasteiger partial charge is 0.398 e. The zero-order valence-electron chi connectivity index (χ0n) is 8.90. The Labute approximate surface area is 97.7 Å². The zero-order chi connectivity index (χ0) is 11.5. The summed E-state index contributed by atoms with van der Waals surface area (Å²) in [6.07, 6.45) is 3.62. The van der Waals surface area contributed by atoms with Gasteiger partial charge in [0.1, 0.15) is 5.65 Å². The molecule has 2 heterocycles. The number of nitrogens with zero attached hydrogens (tertiary/aromatic N) is 2. The molecule has 0 radical (unpaired) electrons. The van der Waals surface area contributed by atoms with Crippen LogP contribution in [0.25, 0.3) is 16.7 Å². The average molecular weight is 232 g/mol. The van der Waals surface area contributed by atoms with Gasteiger partial charge in [-0.3, -0.25) is 0 Å². The van der Waals surface area contributed by atoms with Gasteiger partial charge < -0.3 is 10.7 Å². The molecule has 0 fully saturated rings. The van der Waals surface area contributed by atoms with Gasteiger partial charge in [-0.15, -0.1) is 11.8 Å². The van der Waals surface area contributed by atoms with E-state index in [1.807, 2.05) is 12.3 Å². The molecule has 0 spiro atoms. The van der Waals surface area contributed by atoms with Crippen molar-refractivity contribution >= 4 is 39.7 Å². The molecule has 82 valence electrons. The average Bonchev–Trinajstić information content (AvgIpc) is 2.71. The van der Waals surface area contributed by atoms with Gasteiger partial charge >= 0.3 is 0 Å². The fraction of sp³-hybridized carbons (Fsp3) is 0.0909. The van der Waals surface area contributed by atoms with Crippen LogP contribution in [-0.2, 0) is 0 Å². The van der Waals surface area contributed by atoms with Crippen molar-refractivity contribution < 1.29 is 0 Å². The van der Waals surface area contributed by atoms with Gasteiger partial charge in [0.2, 0.25) is 0 Å². The summed E-state index contributed by atoms with van der Waals surface area (Å²) < 4.78 is 0. The number of hydrogen-bond acceptors (Lipinski definition) is 4. The monoisotopic (exact) mass is 232 g/mol. The molecule has 2 aromatic heterocycles. The molecule has 2 rings (SSSR count). The number of aliphatic imine (C=N–C) groups is 1. The van der Waals surface area contributed by atoms with E-state index >= 15 is 0 Å². The van der Waals surface area contributed by atoms with Crippen LogP contribution < -0.4 is 5.73 Å². The topological polar surface area (TPSA) is 67.1 Å². The summed E-state index contributed by atoms with van der Waals surface area (Å²) in [6.45, 7) is 3.88. The van der Waals surface area contributed by atoms with E-state index in [1.54, 1.807) is 17.8 Å². The maximum atomic E-state index is 5.84. The quantitative estimate of drug-likeness (QED) is 0.631. The van der Waals surface area contributed by atoms with Crippen LogP contribution in [0.1, 0.15) is 5.69 Å². The maximum absolute atomic E-state index is 5.84. The minimum atomic E-state index is 0.673. The van der Waals surface area contributed by atoms with Gasteiger partial charge in [0.15, 0.2) is 0 Å². The van der Waals surface area contributed by atoms with Gasteiger partial charge in [-0.25, -0.2) is 9.98 Å². The highest BCUT2D eigenvalue weighted by Gasteiger charge is 2.05. The number of nitrogens with one attached hydrogen (secondary N) is 1. The summed E-state index contributed by atoms with van der Waals surface area (Å²) in [5.74, 6) is 0. The van der Waals surface area contributed by atoms with E-state index < -0.39 is 0 Å². The van der Waals surface area contributed by atoms with Gasteiger partial charge in [0.05, 0.1) is 16.9 Å². The normalized spacial score (nSPS) is 11.3. The molecule has 0 amide bonds.